The average Bonchev–Trinajstić information content (AvgIpc) is 3.04. The highest BCUT2D eigenvalue weighted by Crippen LogP contribution is 2.35. The van der Waals surface area contributed by atoms with Crippen molar-refractivity contribution in [3.63, 3.8) is 0 Å². The summed E-state index contributed by atoms with van der Waals surface area (Å²) in [7, 11) is 0. The van der Waals surface area contributed by atoms with Crippen LogP contribution in [0.15, 0.2) is 78.3 Å². The third-order valence-electron chi connectivity index (χ3n) is 4.86. The predicted octanol–water partition coefficient (Wildman–Crippen LogP) is 6.29. The van der Waals surface area contributed by atoms with E-state index in [1.807, 2.05) is 42.5 Å². The van der Waals surface area contributed by atoms with Crippen molar-refractivity contribution in [3.8, 4) is 0 Å². The predicted molar refractivity (Wildman–Crippen MR) is 134 cm³/mol. The van der Waals surface area contributed by atoms with Gasteiger partial charge in [-0.2, -0.15) is 0 Å². The number of carbonyl (C=O) groups is 2. The first-order valence-electron chi connectivity index (χ1n) is 9.86. The number of amides is 2. The monoisotopic (exact) mass is 483 g/mol. The summed E-state index contributed by atoms with van der Waals surface area (Å²) in [5.74, 6) is -0.428. The van der Waals surface area contributed by atoms with Gasteiger partial charge in [0.05, 0.1) is 10.7 Å². The molecule has 32 heavy (non-hydrogen) atoms. The second kappa shape index (κ2) is 9.77. The van der Waals surface area contributed by atoms with Crippen molar-refractivity contribution in [2.75, 3.05) is 11.9 Å². The number of hydrogen-bond donors (Lipinski definition) is 1. The van der Waals surface area contributed by atoms with Crippen LogP contribution < -0.4 is 5.32 Å². The summed E-state index contributed by atoms with van der Waals surface area (Å²) in [6, 6.07) is 18.6. The molecule has 5 nitrogen and oxygen atoms in total. The summed E-state index contributed by atoms with van der Waals surface area (Å²) in [6.07, 6.45) is 1.65. The Hall–Kier alpha value is -2.80. The number of carbonyl (C=O) groups excluding carboxylic acids is 2. The van der Waals surface area contributed by atoms with Crippen molar-refractivity contribution in [2.24, 2.45) is 4.99 Å². The lowest BCUT2D eigenvalue weighted by molar-refractivity contribution is -0.127. The lowest BCUT2D eigenvalue weighted by Crippen LogP contribution is -2.33. The third kappa shape index (κ3) is 4.99. The quantitative estimate of drug-likeness (QED) is 0.418. The minimum Gasteiger partial charge on any atom is -0.326 e. The first-order chi connectivity index (χ1) is 15.4. The van der Waals surface area contributed by atoms with E-state index < -0.39 is 5.25 Å². The molecule has 0 unspecified atom stereocenters. The number of aliphatic imine (C=N–C) groups is 1. The van der Waals surface area contributed by atoms with Crippen LogP contribution in [-0.2, 0) is 9.59 Å². The second-order valence-corrected chi connectivity index (χ2v) is 9.16. The van der Waals surface area contributed by atoms with E-state index in [-0.39, 0.29) is 18.2 Å². The molecule has 3 aromatic rings. The Labute approximate surface area is 200 Å². The van der Waals surface area contributed by atoms with Crippen LogP contribution in [0.1, 0.15) is 6.42 Å². The van der Waals surface area contributed by atoms with Crippen molar-refractivity contribution in [1.82, 2.24) is 4.90 Å². The molecule has 0 aliphatic carbocycles. The van der Waals surface area contributed by atoms with Crippen LogP contribution >= 0.6 is 35.0 Å². The molecule has 1 saturated heterocycles. The molecule has 162 valence electrons. The van der Waals surface area contributed by atoms with Crippen LogP contribution in [0.2, 0.25) is 10.0 Å². The summed E-state index contributed by atoms with van der Waals surface area (Å²) >= 11 is 13.4. The lowest BCUT2D eigenvalue weighted by Gasteiger charge is -2.14. The van der Waals surface area contributed by atoms with E-state index in [1.165, 1.54) is 16.7 Å². The fourth-order valence-corrected chi connectivity index (χ4v) is 4.96. The van der Waals surface area contributed by atoms with Crippen molar-refractivity contribution in [2.45, 2.75) is 11.7 Å². The maximum Gasteiger partial charge on any atom is 0.242 e. The van der Waals surface area contributed by atoms with E-state index in [4.69, 9.17) is 23.2 Å². The van der Waals surface area contributed by atoms with Crippen LogP contribution in [0.5, 0.6) is 0 Å². The van der Waals surface area contributed by atoms with Gasteiger partial charge in [-0.15, -0.1) is 6.58 Å². The molecule has 4 rings (SSSR count). The molecular formula is C24H19Cl2N3O2S. The number of fused-ring (bicyclic) bond motifs is 1. The van der Waals surface area contributed by atoms with Crippen LogP contribution in [-0.4, -0.2) is 33.7 Å². The van der Waals surface area contributed by atoms with Crippen molar-refractivity contribution in [3.05, 3.63) is 83.4 Å². The second-order valence-electron chi connectivity index (χ2n) is 7.15. The van der Waals surface area contributed by atoms with E-state index in [0.717, 1.165) is 10.8 Å². The Morgan fingerprint density at radius 1 is 1.12 bits per heavy atom. The third-order valence-corrected chi connectivity index (χ3v) is 6.57. The smallest absolute Gasteiger partial charge is 0.242 e. The van der Waals surface area contributed by atoms with Gasteiger partial charge in [0.15, 0.2) is 5.17 Å². The maximum absolute atomic E-state index is 12.9. The number of nitrogens with one attached hydrogen (secondary N) is 1. The van der Waals surface area contributed by atoms with Crippen molar-refractivity contribution in [1.29, 1.82) is 0 Å². The number of thioether (sulfide) groups is 1. The zero-order chi connectivity index (χ0) is 22.7. The number of halogens is 2. The molecule has 3 aromatic carbocycles. The normalized spacial score (nSPS) is 17.2. The molecule has 1 N–H and O–H groups in total. The lowest BCUT2D eigenvalue weighted by atomic mass is 10.1. The first kappa shape index (κ1) is 22.4. The molecule has 0 spiro atoms. The van der Waals surface area contributed by atoms with Gasteiger partial charge in [-0.3, -0.25) is 14.5 Å². The number of benzene rings is 3. The molecule has 1 aliphatic heterocycles. The molecule has 1 atom stereocenters. The van der Waals surface area contributed by atoms with Gasteiger partial charge >= 0.3 is 0 Å². The standard InChI is InChI=1S/C24H19Cl2N3O2S/c1-2-11-29-23(31)21(32-24(29)28-20-10-8-17(25)13-19(20)26)14-22(30)27-18-9-7-15-5-3-4-6-16(15)12-18/h2-10,12-13,21H,1,11,14H2,(H,27,30)/t21-/m0/s1. The molecule has 1 fully saturated rings. The van der Waals surface area contributed by atoms with Gasteiger partial charge in [0.2, 0.25) is 11.8 Å². The van der Waals surface area contributed by atoms with Crippen LogP contribution in [0.25, 0.3) is 10.8 Å². The van der Waals surface area contributed by atoms with Crippen LogP contribution in [0.4, 0.5) is 11.4 Å². The molecule has 0 aromatic heterocycles. The van der Waals surface area contributed by atoms with Gasteiger partial charge in [0, 0.05) is 23.7 Å². The molecule has 2 amide bonds. The molecule has 0 saturated carbocycles. The number of nitrogens with zero attached hydrogens (tertiary/aromatic N) is 2. The molecule has 0 radical (unpaired) electrons. The van der Waals surface area contributed by atoms with Crippen LogP contribution in [0.3, 0.4) is 0 Å². The van der Waals surface area contributed by atoms with Crippen molar-refractivity contribution < 1.29 is 9.59 Å². The van der Waals surface area contributed by atoms with Gasteiger partial charge < -0.3 is 5.32 Å². The average molecular weight is 484 g/mol. The van der Waals surface area contributed by atoms with Gasteiger partial charge in [-0.05, 0) is 41.1 Å². The number of anilines is 1. The highest BCUT2D eigenvalue weighted by atomic mass is 35.5. The zero-order valence-electron chi connectivity index (χ0n) is 16.9. The summed E-state index contributed by atoms with van der Waals surface area (Å²) < 4.78 is 0. The molecule has 0 bridgehead atoms. The molecule has 8 heteroatoms. The SMILES string of the molecule is C=CCN1C(=O)[C@H](CC(=O)Nc2ccc3ccccc3c2)SC1=Nc1ccc(Cl)cc1Cl. The summed E-state index contributed by atoms with van der Waals surface area (Å²) in [5, 5.41) is 5.79. The fraction of sp³-hybridized carbons (Fsp3) is 0.125. The Morgan fingerprint density at radius 2 is 1.91 bits per heavy atom. The van der Waals surface area contributed by atoms with Gasteiger partial charge in [0.1, 0.15) is 5.25 Å². The van der Waals surface area contributed by atoms with Gasteiger partial charge in [0.25, 0.3) is 0 Å². The number of rotatable bonds is 6. The Morgan fingerprint density at radius 3 is 2.66 bits per heavy atom. The Balaban J connectivity index is 1.50. The highest BCUT2D eigenvalue weighted by Gasteiger charge is 2.38. The van der Waals surface area contributed by atoms with Crippen LogP contribution in [0, 0.1) is 0 Å². The summed E-state index contributed by atoms with van der Waals surface area (Å²) in [4.78, 5) is 31.7. The molecule has 1 heterocycles. The number of amidine groups is 1. The Bertz CT molecular complexity index is 1240. The molecule has 1 aliphatic rings. The zero-order valence-corrected chi connectivity index (χ0v) is 19.3. The number of hydrogen-bond acceptors (Lipinski definition) is 4. The molecular weight excluding hydrogens is 465 g/mol. The van der Waals surface area contributed by atoms with Gasteiger partial charge in [-0.25, -0.2) is 4.99 Å². The minimum atomic E-state index is -0.583. The van der Waals surface area contributed by atoms with E-state index in [9.17, 15) is 9.59 Å². The summed E-state index contributed by atoms with van der Waals surface area (Å²) in [5.41, 5.74) is 1.19. The van der Waals surface area contributed by atoms with E-state index in [2.05, 4.69) is 16.9 Å². The van der Waals surface area contributed by atoms with Crippen molar-refractivity contribution >= 4 is 74.1 Å². The largest absolute Gasteiger partial charge is 0.326 e. The Kier molecular flexibility index (Phi) is 6.84. The summed E-state index contributed by atoms with van der Waals surface area (Å²) in [6.45, 7) is 4.01. The minimum absolute atomic E-state index is 0.0251. The highest BCUT2D eigenvalue weighted by molar-refractivity contribution is 8.15. The van der Waals surface area contributed by atoms with Gasteiger partial charge in [-0.1, -0.05) is 71.4 Å². The topological polar surface area (TPSA) is 61.8 Å². The van der Waals surface area contributed by atoms with E-state index >= 15 is 0 Å². The van der Waals surface area contributed by atoms with E-state index in [1.54, 1.807) is 24.3 Å². The first-order valence-corrected chi connectivity index (χ1v) is 11.5. The fourth-order valence-electron chi connectivity index (χ4n) is 3.34. The maximum atomic E-state index is 12.9. The van der Waals surface area contributed by atoms with E-state index in [0.29, 0.717) is 33.1 Å².